The summed E-state index contributed by atoms with van der Waals surface area (Å²) in [4.78, 5) is 13.9. The van der Waals surface area contributed by atoms with Gasteiger partial charge in [-0.2, -0.15) is 0 Å². The van der Waals surface area contributed by atoms with E-state index in [0.717, 1.165) is 0 Å². The van der Waals surface area contributed by atoms with Gasteiger partial charge < -0.3 is 14.4 Å². The number of amides is 1. The zero-order valence-corrected chi connectivity index (χ0v) is 13.2. The predicted octanol–water partition coefficient (Wildman–Crippen LogP) is 2.95. The Hall–Kier alpha value is -2.22. The number of hydrogen-bond donors (Lipinski definition) is 1. The summed E-state index contributed by atoms with van der Waals surface area (Å²) in [7, 11) is 0. The lowest BCUT2D eigenvalue weighted by Gasteiger charge is -2.34. The molecule has 4 nitrogen and oxygen atoms in total. The molecule has 0 radical (unpaired) electrons. The number of halogens is 1. The van der Waals surface area contributed by atoms with Crippen molar-refractivity contribution in [2.24, 2.45) is 0 Å². The van der Waals surface area contributed by atoms with Gasteiger partial charge in [-0.05, 0) is 18.2 Å². The van der Waals surface area contributed by atoms with Crippen molar-refractivity contribution in [3.63, 3.8) is 0 Å². The molecule has 0 aliphatic carbocycles. The number of benzene rings is 1. The number of piperidine rings is 1. The summed E-state index contributed by atoms with van der Waals surface area (Å²) < 4.78 is 4.93. The number of likely N-dealkylation sites (tertiary alicyclic amines) is 1. The van der Waals surface area contributed by atoms with Crippen molar-refractivity contribution in [1.82, 2.24) is 4.90 Å². The van der Waals surface area contributed by atoms with Crippen LogP contribution in [0.5, 0.6) is 0 Å². The molecule has 0 unspecified atom stereocenters. The summed E-state index contributed by atoms with van der Waals surface area (Å²) >= 11 is 6.06. The Kier molecular flexibility index (Phi) is 4.42. The number of hydrogen-bond acceptors (Lipinski definition) is 3. The van der Waals surface area contributed by atoms with Gasteiger partial charge in [-0.1, -0.05) is 35.6 Å². The highest BCUT2D eigenvalue weighted by Crippen LogP contribution is 2.23. The van der Waals surface area contributed by atoms with Crippen molar-refractivity contribution >= 4 is 17.5 Å². The van der Waals surface area contributed by atoms with Crippen LogP contribution < -0.4 is 0 Å². The molecule has 1 aromatic heterocycles. The van der Waals surface area contributed by atoms with Crippen LogP contribution in [0.25, 0.3) is 0 Å². The van der Waals surface area contributed by atoms with Gasteiger partial charge in [-0.3, -0.25) is 4.79 Å². The Balaban J connectivity index is 1.66. The van der Waals surface area contributed by atoms with Crippen LogP contribution >= 0.6 is 11.6 Å². The van der Waals surface area contributed by atoms with E-state index in [1.54, 1.807) is 17.0 Å². The van der Waals surface area contributed by atoms with Gasteiger partial charge in [0.1, 0.15) is 11.9 Å². The van der Waals surface area contributed by atoms with E-state index >= 15 is 0 Å². The third-order valence-corrected chi connectivity index (χ3v) is 4.28. The summed E-state index contributed by atoms with van der Waals surface area (Å²) in [6.07, 6.45) is 3.73. The average molecular weight is 330 g/mol. The largest absolute Gasteiger partial charge is 0.472 e. The SMILES string of the molecule is O=C(c1ccoc1)N1CCC(O)(C#Cc2ccccc2Cl)CC1. The average Bonchev–Trinajstić information content (AvgIpc) is 3.09. The molecule has 1 fully saturated rings. The van der Waals surface area contributed by atoms with Crippen molar-refractivity contribution in [3.05, 3.63) is 59.0 Å². The molecule has 0 spiro atoms. The molecule has 2 heterocycles. The van der Waals surface area contributed by atoms with Crippen LogP contribution in [0.15, 0.2) is 47.3 Å². The quantitative estimate of drug-likeness (QED) is 0.818. The molecule has 1 amide bonds. The van der Waals surface area contributed by atoms with Crippen LogP contribution in [0, 0.1) is 11.8 Å². The number of carbonyl (C=O) groups excluding carboxylic acids is 1. The lowest BCUT2D eigenvalue weighted by Crippen LogP contribution is -2.46. The fourth-order valence-corrected chi connectivity index (χ4v) is 2.70. The van der Waals surface area contributed by atoms with Crippen LogP contribution in [0.3, 0.4) is 0 Å². The minimum atomic E-state index is -1.09. The van der Waals surface area contributed by atoms with Gasteiger partial charge in [0.25, 0.3) is 5.91 Å². The van der Waals surface area contributed by atoms with Crippen LogP contribution in [-0.2, 0) is 0 Å². The molecular formula is C18H16ClNO3. The van der Waals surface area contributed by atoms with Crippen LogP contribution in [-0.4, -0.2) is 34.6 Å². The van der Waals surface area contributed by atoms with E-state index in [2.05, 4.69) is 11.8 Å². The number of furan rings is 1. The Morgan fingerprint density at radius 2 is 2.00 bits per heavy atom. The minimum Gasteiger partial charge on any atom is -0.472 e. The molecule has 118 valence electrons. The third kappa shape index (κ3) is 3.58. The van der Waals surface area contributed by atoms with Crippen LogP contribution in [0.4, 0.5) is 0 Å². The Bertz CT molecular complexity index is 750. The first kappa shape index (κ1) is 15.7. The van der Waals surface area contributed by atoms with Gasteiger partial charge in [0, 0.05) is 31.5 Å². The molecule has 3 rings (SSSR count). The highest BCUT2D eigenvalue weighted by Gasteiger charge is 2.32. The first-order chi connectivity index (χ1) is 11.1. The maximum absolute atomic E-state index is 12.2. The minimum absolute atomic E-state index is 0.0835. The second kappa shape index (κ2) is 6.49. The van der Waals surface area contributed by atoms with E-state index < -0.39 is 5.60 Å². The highest BCUT2D eigenvalue weighted by molar-refractivity contribution is 6.31. The second-order valence-electron chi connectivity index (χ2n) is 5.57. The van der Waals surface area contributed by atoms with Gasteiger partial charge in [0.2, 0.25) is 0 Å². The van der Waals surface area contributed by atoms with Crippen molar-refractivity contribution in [3.8, 4) is 11.8 Å². The maximum Gasteiger partial charge on any atom is 0.257 e. The second-order valence-corrected chi connectivity index (χ2v) is 5.97. The smallest absolute Gasteiger partial charge is 0.257 e. The summed E-state index contributed by atoms with van der Waals surface area (Å²) in [6.45, 7) is 0.912. The van der Waals surface area contributed by atoms with Crippen molar-refractivity contribution < 1.29 is 14.3 Å². The standard InChI is InChI=1S/C18H16ClNO3/c19-16-4-2-1-3-14(16)5-7-18(22)8-10-20(11-9-18)17(21)15-6-12-23-13-15/h1-4,6,12-13,22H,8-11H2. The van der Waals surface area contributed by atoms with E-state index in [0.29, 0.717) is 42.1 Å². The first-order valence-corrected chi connectivity index (χ1v) is 7.77. The Labute approximate surface area is 139 Å². The van der Waals surface area contributed by atoms with Gasteiger partial charge in [0.15, 0.2) is 0 Å². The van der Waals surface area contributed by atoms with Crippen molar-refractivity contribution in [1.29, 1.82) is 0 Å². The molecule has 5 heteroatoms. The molecular weight excluding hydrogens is 314 g/mol. The molecule has 1 aliphatic rings. The number of rotatable bonds is 1. The molecule has 2 aromatic rings. The number of carbonyl (C=O) groups is 1. The van der Waals surface area contributed by atoms with Crippen molar-refractivity contribution in [2.75, 3.05) is 13.1 Å². The summed E-state index contributed by atoms with van der Waals surface area (Å²) in [5, 5.41) is 11.1. The van der Waals surface area contributed by atoms with E-state index in [1.165, 1.54) is 12.5 Å². The molecule has 23 heavy (non-hydrogen) atoms. The lowest BCUT2D eigenvalue weighted by molar-refractivity contribution is 0.0248. The monoisotopic (exact) mass is 329 g/mol. The predicted molar refractivity (Wildman–Crippen MR) is 87.1 cm³/mol. The number of nitrogens with zero attached hydrogens (tertiary/aromatic N) is 1. The molecule has 1 saturated heterocycles. The van der Waals surface area contributed by atoms with Gasteiger partial charge >= 0.3 is 0 Å². The summed E-state index contributed by atoms with van der Waals surface area (Å²) in [6, 6.07) is 8.91. The fourth-order valence-electron chi connectivity index (χ4n) is 2.52. The first-order valence-electron chi connectivity index (χ1n) is 7.39. The zero-order chi connectivity index (χ0) is 16.3. The number of aliphatic hydroxyl groups is 1. The van der Waals surface area contributed by atoms with Crippen molar-refractivity contribution in [2.45, 2.75) is 18.4 Å². The Morgan fingerprint density at radius 3 is 2.65 bits per heavy atom. The third-order valence-electron chi connectivity index (χ3n) is 3.95. The molecule has 0 bridgehead atoms. The van der Waals surface area contributed by atoms with E-state index in [1.807, 2.05) is 18.2 Å². The van der Waals surface area contributed by atoms with E-state index in [-0.39, 0.29) is 5.91 Å². The van der Waals surface area contributed by atoms with E-state index in [9.17, 15) is 9.90 Å². The van der Waals surface area contributed by atoms with Crippen LogP contribution in [0.1, 0.15) is 28.8 Å². The maximum atomic E-state index is 12.2. The van der Waals surface area contributed by atoms with Gasteiger partial charge in [-0.25, -0.2) is 0 Å². The van der Waals surface area contributed by atoms with Gasteiger partial charge in [0.05, 0.1) is 16.8 Å². The molecule has 1 aromatic carbocycles. The topological polar surface area (TPSA) is 53.7 Å². The molecule has 1 N–H and O–H groups in total. The molecule has 0 saturated carbocycles. The molecule has 0 atom stereocenters. The zero-order valence-electron chi connectivity index (χ0n) is 12.5. The summed E-state index contributed by atoms with van der Waals surface area (Å²) in [5.41, 5.74) is 0.129. The van der Waals surface area contributed by atoms with E-state index in [4.69, 9.17) is 16.0 Å². The Morgan fingerprint density at radius 1 is 1.26 bits per heavy atom. The van der Waals surface area contributed by atoms with Crippen LogP contribution in [0.2, 0.25) is 5.02 Å². The highest BCUT2D eigenvalue weighted by atomic mass is 35.5. The fraction of sp³-hybridized carbons (Fsp3) is 0.278. The molecule has 1 aliphatic heterocycles. The normalized spacial score (nSPS) is 16.5. The lowest BCUT2D eigenvalue weighted by atomic mass is 9.91. The summed E-state index contributed by atoms with van der Waals surface area (Å²) in [5.74, 6) is 5.77. The van der Waals surface area contributed by atoms with Gasteiger partial charge in [-0.15, -0.1) is 0 Å².